The van der Waals surface area contributed by atoms with Gasteiger partial charge in [-0.3, -0.25) is 9.59 Å². The highest BCUT2D eigenvalue weighted by molar-refractivity contribution is 7.90. The number of esters is 1. The van der Waals surface area contributed by atoms with Crippen molar-refractivity contribution in [3.05, 3.63) is 94.3 Å². The Balaban J connectivity index is 1.59. The van der Waals surface area contributed by atoms with Gasteiger partial charge in [0.15, 0.2) is 0 Å². The summed E-state index contributed by atoms with van der Waals surface area (Å²) in [5.41, 5.74) is 1.10. The van der Waals surface area contributed by atoms with Crippen LogP contribution in [0.3, 0.4) is 0 Å². The molecule has 2 aromatic carbocycles. The van der Waals surface area contributed by atoms with Crippen LogP contribution in [0.4, 0.5) is 0 Å². The average molecular weight is 558 g/mol. The molecule has 0 fully saturated rings. The summed E-state index contributed by atoms with van der Waals surface area (Å²) in [6.45, 7) is 4.08. The maximum absolute atomic E-state index is 12.8. The van der Waals surface area contributed by atoms with Crippen LogP contribution < -0.4 is 10.0 Å². The molecule has 0 atom stereocenters. The Kier molecular flexibility index (Phi) is 9.98. The van der Waals surface area contributed by atoms with Gasteiger partial charge in [0, 0.05) is 23.3 Å². The molecule has 3 aromatic rings. The molecular weight excluding hydrogens is 530 g/mol. The molecule has 0 aliphatic rings. The molecule has 1 heterocycles. The average Bonchev–Trinajstić information content (AvgIpc) is 2.92. The van der Waals surface area contributed by atoms with E-state index in [0.29, 0.717) is 35.4 Å². The van der Waals surface area contributed by atoms with E-state index in [1.807, 2.05) is 18.6 Å². The summed E-state index contributed by atoms with van der Waals surface area (Å²) in [5, 5.41) is 3.29. The van der Waals surface area contributed by atoms with Crippen LogP contribution in [-0.2, 0) is 21.2 Å². The fourth-order valence-electron chi connectivity index (χ4n) is 3.45. The number of sulfonamides is 1. The smallest absolute Gasteiger partial charge is 0.357 e. The fraction of sp³-hybridized carbons (Fsp3) is 0.259. The van der Waals surface area contributed by atoms with Crippen LogP contribution in [0, 0.1) is 0 Å². The zero-order chi connectivity index (χ0) is 27.7. The lowest BCUT2D eigenvalue weighted by Gasteiger charge is -2.13. The van der Waals surface area contributed by atoms with Crippen LogP contribution >= 0.6 is 11.6 Å². The van der Waals surface area contributed by atoms with Gasteiger partial charge in [-0.05, 0) is 73.4 Å². The predicted molar refractivity (Wildman–Crippen MR) is 143 cm³/mol. The lowest BCUT2D eigenvalue weighted by molar-refractivity contribution is 0.0277. The first kappa shape index (κ1) is 28.8. The van der Waals surface area contributed by atoms with Gasteiger partial charge in [-0.15, -0.1) is 0 Å². The summed E-state index contributed by atoms with van der Waals surface area (Å²) >= 11 is 5.83. The van der Waals surface area contributed by atoms with Gasteiger partial charge < -0.3 is 10.1 Å². The van der Waals surface area contributed by atoms with E-state index in [1.165, 1.54) is 24.3 Å². The number of halogens is 1. The molecule has 0 saturated heterocycles. The zero-order valence-corrected chi connectivity index (χ0v) is 22.5. The van der Waals surface area contributed by atoms with E-state index in [0.717, 1.165) is 6.20 Å². The van der Waals surface area contributed by atoms with Crippen molar-refractivity contribution in [2.45, 2.75) is 44.1 Å². The second-order valence-corrected chi connectivity index (χ2v) is 10.5. The summed E-state index contributed by atoms with van der Waals surface area (Å²) in [5.74, 6) is -1.78. The number of amides is 2. The summed E-state index contributed by atoms with van der Waals surface area (Å²) < 4.78 is 33.0. The summed E-state index contributed by atoms with van der Waals surface area (Å²) in [7, 11) is -4.19. The third-order valence-corrected chi connectivity index (χ3v) is 7.24. The SMILES string of the molecule is CCC(CC)OC(=O)c1ccc(C(=O)NS(=O)(=O)c2cccc(CCNC(=O)c3ccc(Cl)cc3)c2)cn1. The summed E-state index contributed by atoms with van der Waals surface area (Å²) in [6, 6.07) is 15.1. The van der Waals surface area contributed by atoms with Crippen molar-refractivity contribution in [1.82, 2.24) is 15.0 Å². The number of pyridine rings is 1. The number of carbonyl (C=O) groups excluding carboxylic acids is 3. The molecule has 1 aromatic heterocycles. The fourth-order valence-corrected chi connectivity index (χ4v) is 4.62. The number of nitrogens with zero attached hydrogens (tertiary/aromatic N) is 1. The van der Waals surface area contributed by atoms with Gasteiger partial charge in [-0.2, -0.15) is 0 Å². The number of benzene rings is 2. The maximum atomic E-state index is 12.8. The Bertz CT molecular complexity index is 1390. The van der Waals surface area contributed by atoms with Gasteiger partial charge in [0.2, 0.25) is 0 Å². The lowest BCUT2D eigenvalue weighted by Crippen LogP contribution is -2.31. The van der Waals surface area contributed by atoms with Crippen LogP contribution in [0.15, 0.2) is 71.8 Å². The van der Waals surface area contributed by atoms with Crippen molar-refractivity contribution in [3.63, 3.8) is 0 Å². The van der Waals surface area contributed by atoms with Crippen LogP contribution in [0.2, 0.25) is 5.02 Å². The molecule has 200 valence electrons. The maximum Gasteiger partial charge on any atom is 0.357 e. The van der Waals surface area contributed by atoms with Crippen molar-refractivity contribution in [2.24, 2.45) is 0 Å². The van der Waals surface area contributed by atoms with E-state index >= 15 is 0 Å². The largest absolute Gasteiger partial charge is 0.458 e. The number of carbonyl (C=O) groups is 3. The number of hydrogen-bond acceptors (Lipinski definition) is 7. The molecule has 0 saturated carbocycles. The minimum absolute atomic E-state index is 0.0205. The first-order chi connectivity index (χ1) is 18.1. The normalized spacial score (nSPS) is 11.2. The summed E-state index contributed by atoms with van der Waals surface area (Å²) in [4.78, 5) is 40.8. The topological polar surface area (TPSA) is 132 Å². The van der Waals surface area contributed by atoms with E-state index in [2.05, 4.69) is 10.3 Å². The van der Waals surface area contributed by atoms with E-state index in [4.69, 9.17) is 16.3 Å². The Hall–Kier alpha value is -3.76. The third kappa shape index (κ3) is 7.87. The number of nitrogens with one attached hydrogen (secondary N) is 2. The number of hydrogen-bond donors (Lipinski definition) is 2. The highest BCUT2D eigenvalue weighted by Gasteiger charge is 2.21. The van der Waals surface area contributed by atoms with Gasteiger partial charge >= 0.3 is 5.97 Å². The number of rotatable bonds is 11. The zero-order valence-electron chi connectivity index (χ0n) is 20.9. The molecule has 2 amide bonds. The molecule has 3 rings (SSSR count). The molecule has 0 aliphatic heterocycles. The molecule has 0 bridgehead atoms. The first-order valence-corrected chi connectivity index (χ1v) is 13.9. The second-order valence-electron chi connectivity index (χ2n) is 8.37. The second kappa shape index (κ2) is 13.2. The van der Waals surface area contributed by atoms with Gasteiger partial charge in [0.1, 0.15) is 11.8 Å². The minimum atomic E-state index is -4.19. The first-order valence-electron chi connectivity index (χ1n) is 12.0. The standard InChI is InChI=1S/C27H28ClN3O6S/c1-3-22(4-2)37-27(34)24-13-10-20(17-30-24)26(33)31-38(35,36)23-7-5-6-18(16-23)14-15-29-25(32)19-8-11-21(28)12-9-19/h5-13,16-17,22H,3-4,14-15H2,1-2H3,(H,29,32)(H,31,33). The van der Waals surface area contributed by atoms with Crippen molar-refractivity contribution >= 4 is 39.4 Å². The number of aromatic nitrogens is 1. The minimum Gasteiger partial charge on any atom is -0.458 e. The Morgan fingerprint density at radius 1 is 0.947 bits per heavy atom. The van der Waals surface area contributed by atoms with E-state index in [1.54, 1.807) is 36.4 Å². The molecule has 9 nitrogen and oxygen atoms in total. The third-order valence-electron chi connectivity index (χ3n) is 5.66. The summed E-state index contributed by atoms with van der Waals surface area (Å²) in [6.07, 6.45) is 2.59. The van der Waals surface area contributed by atoms with E-state index < -0.39 is 21.9 Å². The van der Waals surface area contributed by atoms with Gasteiger partial charge in [0.25, 0.3) is 21.8 Å². The predicted octanol–water partition coefficient (Wildman–Crippen LogP) is 4.17. The quantitative estimate of drug-likeness (QED) is 0.338. The van der Waals surface area contributed by atoms with Gasteiger partial charge in [-0.25, -0.2) is 22.9 Å². The highest BCUT2D eigenvalue weighted by Crippen LogP contribution is 2.14. The molecular formula is C27H28ClN3O6S. The monoisotopic (exact) mass is 557 g/mol. The van der Waals surface area contributed by atoms with Crippen molar-refractivity contribution in [3.8, 4) is 0 Å². The Morgan fingerprint density at radius 2 is 1.63 bits per heavy atom. The van der Waals surface area contributed by atoms with Crippen LogP contribution in [0.1, 0.15) is 63.5 Å². The van der Waals surface area contributed by atoms with Crippen LogP contribution in [-0.4, -0.2) is 43.8 Å². The molecule has 11 heteroatoms. The van der Waals surface area contributed by atoms with Crippen LogP contribution in [0.25, 0.3) is 0 Å². The van der Waals surface area contributed by atoms with Gasteiger partial charge in [-0.1, -0.05) is 37.6 Å². The molecule has 38 heavy (non-hydrogen) atoms. The molecule has 0 radical (unpaired) electrons. The highest BCUT2D eigenvalue weighted by atomic mass is 35.5. The van der Waals surface area contributed by atoms with Gasteiger partial charge in [0.05, 0.1) is 10.5 Å². The Labute approximate surface area is 226 Å². The Morgan fingerprint density at radius 3 is 2.26 bits per heavy atom. The molecule has 2 N–H and O–H groups in total. The van der Waals surface area contributed by atoms with Crippen LogP contribution in [0.5, 0.6) is 0 Å². The van der Waals surface area contributed by atoms with Crippen molar-refractivity contribution in [1.29, 1.82) is 0 Å². The van der Waals surface area contributed by atoms with E-state index in [9.17, 15) is 22.8 Å². The lowest BCUT2D eigenvalue weighted by atomic mass is 10.1. The molecule has 0 unspecified atom stereocenters. The molecule has 0 spiro atoms. The molecule has 0 aliphatic carbocycles. The number of ether oxygens (including phenoxy) is 1. The van der Waals surface area contributed by atoms with Crippen molar-refractivity contribution in [2.75, 3.05) is 6.54 Å². The van der Waals surface area contributed by atoms with Crippen molar-refractivity contribution < 1.29 is 27.5 Å². The van der Waals surface area contributed by atoms with E-state index in [-0.39, 0.29) is 34.7 Å².